The molecule has 1 amide bonds. The Balaban J connectivity index is 1.89. The van der Waals surface area contributed by atoms with Gasteiger partial charge < -0.3 is 15.4 Å². The fourth-order valence-electron chi connectivity index (χ4n) is 4.08. The minimum Gasteiger partial charge on any atom is -0.495 e. The number of hydrogen-bond acceptors (Lipinski definition) is 9. The van der Waals surface area contributed by atoms with Crippen molar-refractivity contribution in [2.45, 2.75) is 23.6 Å². The van der Waals surface area contributed by atoms with Crippen molar-refractivity contribution < 1.29 is 26.4 Å². The van der Waals surface area contributed by atoms with Gasteiger partial charge in [-0.25, -0.2) is 31.5 Å². The van der Waals surface area contributed by atoms with Crippen LogP contribution in [0.4, 0.5) is 22.7 Å². The Morgan fingerprint density at radius 1 is 1.10 bits per heavy atom. The molecule has 0 bridgehead atoms. The van der Waals surface area contributed by atoms with Gasteiger partial charge in [-0.1, -0.05) is 12.1 Å². The number of nitrogens with zero attached hydrogens (tertiary/aromatic N) is 3. The first-order valence-electron chi connectivity index (χ1n) is 12.5. The third-order valence-corrected chi connectivity index (χ3v) is 9.47. The average Bonchev–Trinajstić information content (AvgIpc) is 2.95. The predicted octanol–water partition coefficient (Wildman–Crippen LogP) is 3.42. The molecule has 12 nitrogen and oxygen atoms in total. The Kier molecular flexibility index (Phi) is 8.47. The molecule has 1 heterocycles. The highest BCUT2D eigenvalue weighted by atomic mass is 32.2. The molecule has 4 rings (SSSR count). The zero-order valence-corrected chi connectivity index (χ0v) is 24.7. The number of carbonyl (C=O) groups excluding carboxylic acids is 1. The van der Waals surface area contributed by atoms with Crippen molar-refractivity contribution in [1.82, 2.24) is 9.03 Å². The number of aliphatic imine (C=N–C) groups is 2. The molecule has 0 spiro atoms. The second-order valence-electron chi connectivity index (χ2n) is 8.89. The first-order valence-corrected chi connectivity index (χ1v) is 15.4. The maximum Gasteiger partial charge on any atom is 0.278 e. The third kappa shape index (κ3) is 5.94. The lowest BCUT2D eigenvalue weighted by Crippen LogP contribution is -2.44. The van der Waals surface area contributed by atoms with Gasteiger partial charge in [0, 0.05) is 19.3 Å². The summed E-state index contributed by atoms with van der Waals surface area (Å²) >= 11 is 0. The average molecular weight is 599 g/mol. The minimum absolute atomic E-state index is 0.0103. The van der Waals surface area contributed by atoms with E-state index in [1.54, 1.807) is 24.3 Å². The predicted molar refractivity (Wildman–Crippen MR) is 159 cm³/mol. The van der Waals surface area contributed by atoms with E-state index in [-0.39, 0.29) is 38.5 Å². The first-order chi connectivity index (χ1) is 19.4. The number of amides is 1. The van der Waals surface area contributed by atoms with Crippen LogP contribution in [0.3, 0.4) is 0 Å². The lowest BCUT2D eigenvalue weighted by atomic mass is 10.1. The zero-order chi connectivity index (χ0) is 29.9. The molecular weight excluding hydrogens is 568 g/mol. The van der Waals surface area contributed by atoms with Gasteiger partial charge in [-0.3, -0.25) is 9.10 Å². The highest BCUT2D eigenvalue weighted by Crippen LogP contribution is 2.33. The summed E-state index contributed by atoms with van der Waals surface area (Å²) in [6.45, 7) is 4.48. The fraction of sp³-hybridized carbons (Fsp3) is 0.222. The zero-order valence-electron chi connectivity index (χ0n) is 23.1. The third-order valence-electron chi connectivity index (χ3n) is 6.26. The Hall–Kier alpha value is -4.27. The number of ether oxygens (including phenoxy) is 1. The van der Waals surface area contributed by atoms with Gasteiger partial charge in [0.1, 0.15) is 10.6 Å². The standard InChI is InChI=1S/C27H30N6O6S2/c1-6-29-18-11-13-20(17(2)15-18)30-25(26-31-21-9-7-8-10-24(21)41(37,38)33(26)4)27(34)32-22-16-19(40(35,36)28-3)12-14-23(22)39-5/h7-16,28-29H,6H2,1-5H3,(H,32,34). The monoisotopic (exact) mass is 598 g/mol. The van der Waals surface area contributed by atoms with Crippen molar-refractivity contribution in [2.24, 2.45) is 9.98 Å². The second-order valence-corrected chi connectivity index (χ2v) is 12.7. The van der Waals surface area contributed by atoms with Crippen molar-refractivity contribution in [3.05, 3.63) is 66.2 Å². The highest BCUT2D eigenvalue weighted by Gasteiger charge is 2.36. The maximum atomic E-state index is 13.9. The van der Waals surface area contributed by atoms with Crippen molar-refractivity contribution in [3.8, 4) is 5.75 Å². The van der Waals surface area contributed by atoms with Gasteiger partial charge in [-0.2, -0.15) is 0 Å². The normalized spacial score (nSPS) is 14.6. The second kappa shape index (κ2) is 11.7. The molecular formula is C27H30N6O6S2. The van der Waals surface area contributed by atoms with E-state index in [4.69, 9.17) is 4.74 Å². The number of benzene rings is 3. The van der Waals surface area contributed by atoms with Gasteiger partial charge in [-0.05, 0) is 75.0 Å². The number of amidine groups is 1. The molecule has 0 radical (unpaired) electrons. The van der Waals surface area contributed by atoms with Crippen LogP contribution >= 0.6 is 0 Å². The van der Waals surface area contributed by atoms with Gasteiger partial charge in [0.25, 0.3) is 15.9 Å². The number of rotatable bonds is 9. The van der Waals surface area contributed by atoms with Crippen LogP contribution in [0.2, 0.25) is 0 Å². The number of anilines is 2. The van der Waals surface area contributed by atoms with E-state index in [1.807, 2.05) is 19.9 Å². The molecule has 3 aromatic carbocycles. The molecule has 216 valence electrons. The summed E-state index contributed by atoms with van der Waals surface area (Å²) in [5.74, 6) is -0.872. The molecule has 3 aromatic rings. The summed E-state index contributed by atoms with van der Waals surface area (Å²) in [5, 5.41) is 5.84. The number of hydrogen-bond donors (Lipinski definition) is 3. The maximum absolute atomic E-state index is 13.9. The Labute approximate surface area is 239 Å². The van der Waals surface area contributed by atoms with E-state index in [0.717, 1.165) is 15.6 Å². The van der Waals surface area contributed by atoms with Gasteiger partial charge in [0.05, 0.1) is 29.1 Å². The summed E-state index contributed by atoms with van der Waals surface area (Å²) in [5.41, 5.74) is 1.85. The van der Waals surface area contributed by atoms with Gasteiger partial charge >= 0.3 is 0 Å². The van der Waals surface area contributed by atoms with Crippen LogP contribution in [0, 0.1) is 6.92 Å². The smallest absolute Gasteiger partial charge is 0.278 e. The molecule has 0 saturated carbocycles. The van der Waals surface area contributed by atoms with Gasteiger partial charge in [0.15, 0.2) is 11.5 Å². The van der Waals surface area contributed by atoms with Crippen molar-refractivity contribution >= 4 is 60.3 Å². The quantitative estimate of drug-likeness (QED) is 0.318. The molecule has 0 saturated heterocycles. The number of methoxy groups -OCH3 is 1. The van der Waals surface area contributed by atoms with E-state index in [0.29, 0.717) is 12.2 Å². The van der Waals surface area contributed by atoms with Crippen LogP contribution in [-0.4, -0.2) is 66.3 Å². The molecule has 1 aliphatic heterocycles. The van der Waals surface area contributed by atoms with Crippen LogP contribution in [0.25, 0.3) is 0 Å². The molecule has 3 N–H and O–H groups in total. The summed E-state index contributed by atoms with van der Waals surface area (Å²) in [6, 6.07) is 15.5. The Bertz CT molecular complexity index is 1790. The number of aryl methyl sites for hydroxylation is 1. The summed E-state index contributed by atoms with van der Waals surface area (Å²) < 4.78 is 60.1. The van der Waals surface area contributed by atoms with Gasteiger partial charge in [0.2, 0.25) is 10.0 Å². The summed E-state index contributed by atoms with van der Waals surface area (Å²) in [6.07, 6.45) is 0. The van der Waals surface area contributed by atoms with Crippen LogP contribution in [0.5, 0.6) is 5.75 Å². The number of nitrogens with one attached hydrogen (secondary N) is 3. The van der Waals surface area contributed by atoms with Crippen molar-refractivity contribution in [3.63, 3.8) is 0 Å². The molecule has 41 heavy (non-hydrogen) atoms. The molecule has 0 aromatic heterocycles. The molecule has 0 unspecified atom stereocenters. The summed E-state index contributed by atoms with van der Waals surface area (Å²) in [7, 11) is -3.99. The van der Waals surface area contributed by atoms with E-state index < -0.39 is 26.0 Å². The summed E-state index contributed by atoms with van der Waals surface area (Å²) in [4.78, 5) is 22.8. The van der Waals surface area contributed by atoms with E-state index in [1.165, 1.54) is 51.5 Å². The number of sulfonamides is 2. The molecule has 0 aliphatic carbocycles. The molecule has 0 atom stereocenters. The van der Waals surface area contributed by atoms with E-state index >= 15 is 0 Å². The highest BCUT2D eigenvalue weighted by molar-refractivity contribution is 7.90. The molecule has 1 aliphatic rings. The SMILES string of the molecule is CCNc1ccc(N=C(C(=O)Nc2cc(S(=O)(=O)NC)ccc2OC)C2=Nc3ccccc3S(=O)(=O)N2C)c(C)c1. The lowest BCUT2D eigenvalue weighted by Gasteiger charge is -2.27. The topological polar surface area (TPSA) is 159 Å². The van der Waals surface area contributed by atoms with E-state index in [2.05, 4.69) is 25.3 Å². The van der Waals surface area contributed by atoms with Crippen LogP contribution in [0.15, 0.2) is 80.4 Å². The van der Waals surface area contributed by atoms with Gasteiger partial charge in [-0.15, -0.1) is 0 Å². The molecule has 14 heteroatoms. The van der Waals surface area contributed by atoms with Crippen LogP contribution in [0.1, 0.15) is 12.5 Å². The number of para-hydroxylation sites is 1. The Morgan fingerprint density at radius 2 is 1.83 bits per heavy atom. The first kappa shape index (κ1) is 29.7. The molecule has 0 fully saturated rings. The number of carbonyl (C=O) groups is 1. The Morgan fingerprint density at radius 3 is 2.49 bits per heavy atom. The van der Waals surface area contributed by atoms with Crippen molar-refractivity contribution in [1.29, 1.82) is 0 Å². The van der Waals surface area contributed by atoms with E-state index in [9.17, 15) is 21.6 Å². The van der Waals surface area contributed by atoms with Crippen LogP contribution in [-0.2, 0) is 24.8 Å². The van der Waals surface area contributed by atoms with Crippen LogP contribution < -0.4 is 20.1 Å². The van der Waals surface area contributed by atoms with Crippen molar-refractivity contribution in [2.75, 3.05) is 38.4 Å². The number of fused-ring (bicyclic) bond motifs is 1. The fourth-order valence-corrected chi connectivity index (χ4v) is 6.12. The minimum atomic E-state index is -4.06. The lowest BCUT2D eigenvalue weighted by molar-refractivity contribution is -0.110. The largest absolute Gasteiger partial charge is 0.495 e.